The van der Waals surface area contributed by atoms with E-state index in [1.807, 2.05) is 54.6 Å². The zero-order valence-corrected chi connectivity index (χ0v) is 16.1. The van der Waals surface area contributed by atoms with Crippen molar-refractivity contribution in [2.45, 2.75) is 12.5 Å². The molecule has 2 heterocycles. The van der Waals surface area contributed by atoms with E-state index in [0.29, 0.717) is 22.7 Å². The summed E-state index contributed by atoms with van der Waals surface area (Å²) in [5.41, 5.74) is 3.60. The zero-order valence-electron chi connectivity index (χ0n) is 15.3. The quantitative estimate of drug-likeness (QED) is 0.491. The highest BCUT2D eigenvalue weighted by Crippen LogP contribution is 2.31. The molecule has 0 saturated carbocycles. The number of esters is 1. The van der Waals surface area contributed by atoms with Crippen LogP contribution in [0.3, 0.4) is 0 Å². The molecule has 0 spiro atoms. The predicted octanol–water partition coefficient (Wildman–Crippen LogP) is 5.00. The van der Waals surface area contributed by atoms with Crippen LogP contribution in [0.5, 0.6) is 0 Å². The minimum absolute atomic E-state index is 0.248. The number of ether oxygens (including phenoxy) is 1. The molecule has 1 amide bonds. The molecule has 6 heteroatoms. The SMILES string of the molecule is O=C(Nc1nc2ccccc2s1)c1ccc2c(c1)CC(c1ccccc1)OC2=O. The fraction of sp³-hybridized carbons (Fsp3) is 0.0870. The number of para-hydroxylation sites is 1. The van der Waals surface area contributed by atoms with Gasteiger partial charge in [0.25, 0.3) is 5.91 Å². The average Bonchev–Trinajstić information content (AvgIpc) is 3.16. The van der Waals surface area contributed by atoms with Crippen LogP contribution in [-0.2, 0) is 11.2 Å². The van der Waals surface area contributed by atoms with Crippen molar-refractivity contribution in [2.75, 3.05) is 5.32 Å². The van der Waals surface area contributed by atoms with Gasteiger partial charge in [0.05, 0.1) is 15.8 Å². The molecule has 5 rings (SSSR count). The maximum atomic E-state index is 12.7. The molecule has 1 aliphatic rings. The van der Waals surface area contributed by atoms with Gasteiger partial charge in [0.15, 0.2) is 5.13 Å². The number of carbonyl (C=O) groups excluding carboxylic acids is 2. The summed E-state index contributed by atoms with van der Waals surface area (Å²) in [7, 11) is 0. The lowest BCUT2D eigenvalue weighted by atomic mass is 9.93. The predicted molar refractivity (Wildman–Crippen MR) is 112 cm³/mol. The normalized spacial score (nSPS) is 15.6. The van der Waals surface area contributed by atoms with E-state index in [1.54, 1.807) is 18.2 Å². The summed E-state index contributed by atoms with van der Waals surface area (Å²) >= 11 is 1.43. The Morgan fingerprint density at radius 1 is 1.03 bits per heavy atom. The highest BCUT2D eigenvalue weighted by atomic mass is 32.1. The van der Waals surface area contributed by atoms with Gasteiger partial charge in [-0.25, -0.2) is 9.78 Å². The van der Waals surface area contributed by atoms with Crippen molar-refractivity contribution in [3.63, 3.8) is 0 Å². The number of fused-ring (bicyclic) bond motifs is 2. The van der Waals surface area contributed by atoms with E-state index in [-0.39, 0.29) is 18.0 Å². The Bertz CT molecular complexity index is 1200. The van der Waals surface area contributed by atoms with Crippen LogP contribution >= 0.6 is 11.3 Å². The van der Waals surface area contributed by atoms with Crippen LogP contribution in [0.15, 0.2) is 72.8 Å². The lowest BCUT2D eigenvalue weighted by Gasteiger charge is -2.25. The summed E-state index contributed by atoms with van der Waals surface area (Å²) in [6.07, 6.45) is 0.187. The number of benzene rings is 3. The van der Waals surface area contributed by atoms with Gasteiger partial charge in [-0.15, -0.1) is 0 Å². The van der Waals surface area contributed by atoms with Crippen LogP contribution in [0.25, 0.3) is 10.2 Å². The number of nitrogens with one attached hydrogen (secondary N) is 1. The number of rotatable bonds is 3. The monoisotopic (exact) mass is 400 g/mol. The Hall–Kier alpha value is -3.51. The van der Waals surface area contributed by atoms with E-state index in [9.17, 15) is 9.59 Å². The summed E-state index contributed by atoms with van der Waals surface area (Å²) < 4.78 is 6.60. The topological polar surface area (TPSA) is 68.3 Å². The minimum atomic E-state index is -0.363. The van der Waals surface area contributed by atoms with Gasteiger partial charge in [-0.3, -0.25) is 10.1 Å². The molecule has 29 heavy (non-hydrogen) atoms. The summed E-state index contributed by atoms with van der Waals surface area (Å²) in [6.45, 7) is 0. The Balaban J connectivity index is 1.41. The van der Waals surface area contributed by atoms with E-state index in [4.69, 9.17) is 4.74 Å². The van der Waals surface area contributed by atoms with Gasteiger partial charge < -0.3 is 4.74 Å². The first kappa shape index (κ1) is 17.6. The molecule has 3 aromatic carbocycles. The first-order valence-corrected chi connectivity index (χ1v) is 10.0. The molecule has 1 N–H and O–H groups in total. The van der Waals surface area contributed by atoms with Gasteiger partial charge in [0.1, 0.15) is 6.10 Å². The van der Waals surface area contributed by atoms with Crippen molar-refractivity contribution >= 4 is 38.6 Å². The summed E-state index contributed by atoms with van der Waals surface area (Å²) in [4.78, 5) is 29.6. The van der Waals surface area contributed by atoms with E-state index < -0.39 is 0 Å². The van der Waals surface area contributed by atoms with E-state index in [2.05, 4.69) is 10.3 Å². The molecular formula is C23H16N2O3S. The number of hydrogen-bond acceptors (Lipinski definition) is 5. The molecule has 5 nitrogen and oxygen atoms in total. The summed E-state index contributed by atoms with van der Waals surface area (Å²) in [6, 6.07) is 22.4. The van der Waals surface area contributed by atoms with Crippen molar-refractivity contribution in [3.8, 4) is 0 Å². The summed E-state index contributed by atoms with van der Waals surface area (Å²) in [5, 5.41) is 3.41. The van der Waals surface area contributed by atoms with Crippen LogP contribution < -0.4 is 5.32 Å². The molecule has 0 saturated heterocycles. The molecule has 0 bridgehead atoms. The maximum Gasteiger partial charge on any atom is 0.339 e. The first-order chi connectivity index (χ1) is 14.2. The Labute approximate surface area is 171 Å². The maximum absolute atomic E-state index is 12.7. The second-order valence-electron chi connectivity index (χ2n) is 6.82. The first-order valence-electron chi connectivity index (χ1n) is 9.23. The smallest absolute Gasteiger partial charge is 0.339 e. The fourth-order valence-corrected chi connectivity index (χ4v) is 4.35. The number of carbonyl (C=O) groups is 2. The lowest BCUT2D eigenvalue weighted by molar-refractivity contribution is 0.0252. The molecule has 1 aliphatic heterocycles. The Morgan fingerprint density at radius 3 is 2.66 bits per heavy atom. The van der Waals surface area contributed by atoms with E-state index >= 15 is 0 Å². The molecule has 4 aromatic rings. The third kappa shape index (κ3) is 3.39. The van der Waals surface area contributed by atoms with Crippen LogP contribution in [0.2, 0.25) is 0 Å². The number of aromatic nitrogens is 1. The van der Waals surface area contributed by atoms with Crippen LogP contribution in [0, 0.1) is 0 Å². The van der Waals surface area contributed by atoms with Crippen molar-refractivity contribution in [3.05, 3.63) is 95.1 Å². The van der Waals surface area contributed by atoms with Gasteiger partial charge in [-0.2, -0.15) is 0 Å². The lowest BCUT2D eigenvalue weighted by Crippen LogP contribution is -2.23. The highest BCUT2D eigenvalue weighted by Gasteiger charge is 2.28. The number of thiazole rings is 1. The van der Waals surface area contributed by atoms with Crippen molar-refractivity contribution < 1.29 is 14.3 Å². The molecule has 1 aromatic heterocycles. The Morgan fingerprint density at radius 2 is 1.83 bits per heavy atom. The van der Waals surface area contributed by atoms with Gasteiger partial charge in [0.2, 0.25) is 0 Å². The molecule has 0 aliphatic carbocycles. The standard InChI is InChI=1S/C23H16N2O3S/c26-21(25-23-24-18-8-4-5-9-20(18)29-23)15-10-11-17-16(12-15)13-19(28-22(17)27)14-6-2-1-3-7-14/h1-12,19H,13H2,(H,24,25,26). The number of hydrogen-bond donors (Lipinski definition) is 1. The zero-order chi connectivity index (χ0) is 19.8. The molecule has 0 fully saturated rings. The van der Waals surface area contributed by atoms with E-state index in [0.717, 1.165) is 21.3 Å². The van der Waals surface area contributed by atoms with E-state index in [1.165, 1.54) is 11.3 Å². The van der Waals surface area contributed by atoms with Gasteiger partial charge in [0, 0.05) is 12.0 Å². The third-order valence-corrected chi connectivity index (χ3v) is 5.88. The van der Waals surface area contributed by atoms with Crippen LogP contribution in [0.1, 0.15) is 37.9 Å². The molecule has 142 valence electrons. The number of nitrogens with zero attached hydrogens (tertiary/aromatic N) is 1. The number of amides is 1. The van der Waals surface area contributed by atoms with Gasteiger partial charge >= 0.3 is 5.97 Å². The molecule has 1 atom stereocenters. The summed E-state index contributed by atoms with van der Waals surface area (Å²) in [5.74, 6) is -0.611. The molecule has 1 unspecified atom stereocenters. The largest absolute Gasteiger partial charge is 0.454 e. The van der Waals surface area contributed by atoms with Crippen molar-refractivity contribution in [2.24, 2.45) is 0 Å². The Kier molecular flexibility index (Phi) is 4.33. The molecular weight excluding hydrogens is 384 g/mol. The van der Waals surface area contributed by atoms with Gasteiger partial charge in [-0.05, 0) is 41.5 Å². The van der Waals surface area contributed by atoms with Crippen molar-refractivity contribution in [1.29, 1.82) is 0 Å². The average molecular weight is 400 g/mol. The fourth-order valence-electron chi connectivity index (χ4n) is 3.49. The molecule has 0 radical (unpaired) electrons. The minimum Gasteiger partial charge on any atom is -0.454 e. The van der Waals surface area contributed by atoms with Crippen LogP contribution in [0.4, 0.5) is 5.13 Å². The second kappa shape index (κ2) is 7.14. The van der Waals surface area contributed by atoms with Crippen LogP contribution in [-0.4, -0.2) is 16.9 Å². The second-order valence-corrected chi connectivity index (χ2v) is 7.85. The number of cyclic esters (lactones) is 1. The van der Waals surface area contributed by atoms with Gasteiger partial charge in [-0.1, -0.05) is 53.8 Å². The number of anilines is 1. The highest BCUT2D eigenvalue weighted by molar-refractivity contribution is 7.22. The van der Waals surface area contributed by atoms with Crippen molar-refractivity contribution in [1.82, 2.24) is 4.98 Å². The third-order valence-electron chi connectivity index (χ3n) is 4.93.